The number of hydrogen-bond donors (Lipinski definition) is 2. The van der Waals surface area contributed by atoms with Gasteiger partial charge in [-0.15, -0.1) is 11.8 Å². The number of hydrogen-bond acceptors (Lipinski definition) is 5. The quantitative estimate of drug-likeness (QED) is 0.767. The van der Waals surface area contributed by atoms with Crippen LogP contribution in [0.4, 0.5) is 0 Å². The maximum absolute atomic E-state index is 11.9. The highest BCUT2D eigenvalue weighted by Crippen LogP contribution is 2.30. The van der Waals surface area contributed by atoms with Gasteiger partial charge in [-0.25, -0.2) is 0 Å². The Balaban J connectivity index is 1.80. The van der Waals surface area contributed by atoms with Gasteiger partial charge in [0, 0.05) is 37.0 Å². The Hall–Kier alpha value is -1.60. The molecule has 1 aliphatic heterocycles. The second-order valence-electron chi connectivity index (χ2n) is 4.95. The molecule has 6 nitrogen and oxygen atoms in total. The number of carbonyl (C=O) groups is 2. The minimum absolute atomic E-state index is 0.154. The van der Waals surface area contributed by atoms with E-state index in [1.54, 1.807) is 12.4 Å². The van der Waals surface area contributed by atoms with Crippen molar-refractivity contribution in [2.45, 2.75) is 17.7 Å². The van der Waals surface area contributed by atoms with Crippen LogP contribution in [-0.4, -0.2) is 47.5 Å². The number of ether oxygens (including phenoxy) is 1. The molecular weight excluding hydrogens is 292 g/mol. The second kappa shape index (κ2) is 7.42. The van der Waals surface area contributed by atoms with Crippen LogP contribution in [0.1, 0.15) is 12.8 Å². The summed E-state index contributed by atoms with van der Waals surface area (Å²) in [6.45, 7) is 1.00. The van der Waals surface area contributed by atoms with Gasteiger partial charge in [0.1, 0.15) is 0 Å². The maximum Gasteiger partial charge on any atom is 0.311 e. The molecule has 1 aliphatic rings. The molecule has 1 fully saturated rings. The molecule has 114 valence electrons. The Morgan fingerprint density at radius 2 is 2.00 bits per heavy atom. The molecule has 2 rings (SSSR count). The van der Waals surface area contributed by atoms with Crippen LogP contribution in [0.25, 0.3) is 0 Å². The van der Waals surface area contributed by atoms with E-state index in [0.29, 0.717) is 26.1 Å². The fourth-order valence-corrected chi connectivity index (χ4v) is 2.84. The van der Waals surface area contributed by atoms with Crippen LogP contribution in [0, 0.1) is 5.41 Å². The first-order chi connectivity index (χ1) is 10.1. The van der Waals surface area contributed by atoms with Crippen molar-refractivity contribution in [2.75, 3.05) is 25.5 Å². The van der Waals surface area contributed by atoms with Gasteiger partial charge in [0.2, 0.25) is 5.91 Å². The van der Waals surface area contributed by atoms with E-state index in [4.69, 9.17) is 4.74 Å². The first kappa shape index (κ1) is 15.8. The highest BCUT2D eigenvalue weighted by atomic mass is 32.2. The summed E-state index contributed by atoms with van der Waals surface area (Å²) in [5.74, 6) is -0.771. The number of pyridine rings is 1. The van der Waals surface area contributed by atoms with Crippen LogP contribution >= 0.6 is 11.8 Å². The van der Waals surface area contributed by atoms with Gasteiger partial charge >= 0.3 is 5.97 Å². The van der Waals surface area contributed by atoms with E-state index in [9.17, 15) is 14.7 Å². The molecule has 21 heavy (non-hydrogen) atoms. The summed E-state index contributed by atoms with van der Waals surface area (Å²) in [5, 5.41) is 12.1. The van der Waals surface area contributed by atoms with Crippen molar-refractivity contribution in [1.29, 1.82) is 0 Å². The Kier molecular flexibility index (Phi) is 5.58. The zero-order chi connectivity index (χ0) is 15.1. The smallest absolute Gasteiger partial charge is 0.311 e. The minimum Gasteiger partial charge on any atom is -0.481 e. The molecule has 0 bridgehead atoms. The number of nitrogens with one attached hydrogen (secondary N) is 1. The lowest BCUT2D eigenvalue weighted by atomic mass is 9.80. The highest BCUT2D eigenvalue weighted by molar-refractivity contribution is 8.00. The molecular formula is C14H18N2O4S. The number of rotatable bonds is 6. The summed E-state index contributed by atoms with van der Waals surface area (Å²) in [6.07, 6.45) is 4.20. The van der Waals surface area contributed by atoms with Crippen LogP contribution in [0.2, 0.25) is 0 Å². The van der Waals surface area contributed by atoms with Crippen molar-refractivity contribution < 1.29 is 19.4 Å². The van der Waals surface area contributed by atoms with Gasteiger partial charge in [-0.2, -0.15) is 0 Å². The lowest BCUT2D eigenvalue weighted by Gasteiger charge is -2.33. The molecule has 0 aliphatic carbocycles. The van der Waals surface area contributed by atoms with E-state index in [1.165, 1.54) is 11.8 Å². The SMILES string of the molecule is O=C(CSc1ccncc1)NCC1(C(=O)O)CCOCC1. The summed E-state index contributed by atoms with van der Waals surface area (Å²) in [4.78, 5) is 28.2. The fourth-order valence-electron chi connectivity index (χ4n) is 2.13. The average molecular weight is 310 g/mol. The van der Waals surface area contributed by atoms with Crippen LogP contribution in [-0.2, 0) is 14.3 Å². The fraction of sp³-hybridized carbons (Fsp3) is 0.500. The molecule has 2 N–H and O–H groups in total. The molecule has 1 aromatic rings. The van der Waals surface area contributed by atoms with Gasteiger partial charge < -0.3 is 15.2 Å². The third-order valence-electron chi connectivity index (χ3n) is 3.55. The first-order valence-corrected chi connectivity index (χ1v) is 7.72. The summed E-state index contributed by atoms with van der Waals surface area (Å²) in [6, 6.07) is 3.66. The van der Waals surface area contributed by atoms with Crippen molar-refractivity contribution in [3.05, 3.63) is 24.5 Å². The van der Waals surface area contributed by atoms with E-state index >= 15 is 0 Å². The van der Waals surface area contributed by atoms with E-state index < -0.39 is 11.4 Å². The topological polar surface area (TPSA) is 88.5 Å². The van der Waals surface area contributed by atoms with Crippen molar-refractivity contribution in [1.82, 2.24) is 10.3 Å². The maximum atomic E-state index is 11.9. The largest absolute Gasteiger partial charge is 0.481 e. The predicted octanol–water partition coefficient (Wildman–Crippen LogP) is 1.17. The Morgan fingerprint density at radius 1 is 1.33 bits per heavy atom. The molecule has 1 amide bonds. The van der Waals surface area contributed by atoms with Gasteiger partial charge in [-0.05, 0) is 25.0 Å². The summed E-state index contributed by atoms with van der Waals surface area (Å²) >= 11 is 1.40. The van der Waals surface area contributed by atoms with E-state index in [0.717, 1.165) is 4.90 Å². The molecule has 1 saturated heterocycles. The monoisotopic (exact) mass is 310 g/mol. The van der Waals surface area contributed by atoms with E-state index in [-0.39, 0.29) is 18.2 Å². The summed E-state index contributed by atoms with van der Waals surface area (Å²) < 4.78 is 5.20. The molecule has 0 spiro atoms. The van der Waals surface area contributed by atoms with Gasteiger partial charge in [0.15, 0.2) is 0 Å². The zero-order valence-corrected chi connectivity index (χ0v) is 12.4. The molecule has 0 saturated carbocycles. The van der Waals surface area contributed by atoms with Crippen molar-refractivity contribution in [3.63, 3.8) is 0 Å². The number of carbonyl (C=O) groups excluding carboxylic acids is 1. The predicted molar refractivity (Wildman–Crippen MR) is 78.1 cm³/mol. The van der Waals surface area contributed by atoms with Crippen LogP contribution in [0.15, 0.2) is 29.4 Å². The highest BCUT2D eigenvalue weighted by Gasteiger charge is 2.40. The van der Waals surface area contributed by atoms with Gasteiger partial charge in [-0.1, -0.05) is 0 Å². The molecule has 7 heteroatoms. The average Bonchev–Trinajstić information content (AvgIpc) is 2.52. The standard InChI is InChI=1S/C14H18N2O4S/c17-12(9-21-11-1-5-15-6-2-11)16-10-14(13(18)19)3-7-20-8-4-14/h1-2,5-6H,3-4,7-10H2,(H,16,17)(H,18,19). The molecule has 0 unspecified atom stereocenters. The van der Waals surface area contributed by atoms with Crippen LogP contribution in [0.5, 0.6) is 0 Å². The molecule has 2 heterocycles. The zero-order valence-electron chi connectivity index (χ0n) is 11.6. The van der Waals surface area contributed by atoms with Crippen LogP contribution < -0.4 is 5.32 Å². The van der Waals surface area contributed by atoms with E-state index in [1.807, 2.05) is 12.1 Å². The molecule has 0 radical (unpaired) electrons. The van der Waals surface area contributed by atoms with Crippen molar-refractivity contribution in [2.24, 2.45) is 5.41 Å². The lowest BCUT2D eigenvalue weighted by molar-refractivity contribution is -0.154. The Morgan fingerprint density at radius 3 is 2.62 bits per heavy atom. The number of thioether (sulfide) groups is 1. The minimum atomic E-state index is -0.894. The Labute approximate surface area is 127 Å². The van der Waals surface area contributed by atoms with Gasteiger partial charge in [-0.3, -0.25) is 14.6 Å². The molecule has 1 aromatic heterocycles. The number of nitrogens with zero attached hydrogens (tertiary/aromatic N) is 1. The third-order valence-corrected chi connectivity index (χ3v) is 4.56. The third kappa shape index (κ3) is 4.44. The summed E-state index contributed by atoms with van der Waals surface area (Å²) in [5.41, 5.74) is -0.894. The lowest BCUT2D eigenvalue weighted by Crippen LogP contribution is -2.46. The van der Waals surface area contributed by atoms with Crippen molar-refractivity contribution >= 4 is 23.6 Å². The Bertz CT molecular complexity index is 489. The van der Waals surface area contributed by atoms with Gasteiger partial charge in [0.25, 0.3) is 0 Å². The number of aromatic nitrogens is 1. The summed E-state index contributed by atoms with van der Waals surface area (Å²) in [7, 11) is 0. The van der Waals surface area contributed by atoms with E-state index in [2.05, 4.69) is 10.3 Å². The second-order valence-corrected chi connectivity index (χ2v) is 5.99. The number of carboxylic acid groups (broad SMARTS) is 1. The van der Waals surface area contributed by atoms with Crippen molar-refractivity contribution in [3.8, 4) is 0 Å². The number of aliphatic carboxylic acids is 1. The normalized spacial score (nSPS) is 17.1. The first-order valence-electron chi connectivity index (χ1n) is 6.73. The van der Waals surface area contributed by atoms with Crippen LogP contribution in [0.3, 0.4) is 0 Å². The molecule has 0 atom stereocenters. The van der Waals surface area contributed by atoms with Gasteiger partial charge in [0.05, 0.1) is 11.2 Å². The number of carboxylic acids is 1. The molecule has 0 aromatic carbocycles. The number of amides is 1.